The third-order valence-corrected chi connectivity index (χ3v) is 3.35. The van der Waals surface area contributed by atoms with E-state index in [4.69, 9.17) is 11.6 Å². The van der Waals surface area contributed by atoms with Crippen LogP contribution in [-0.2, 0) is 6.42 Å². The van der Waals surface area contributed by atoms with Gasteiger partial charge in [0.1, 0.15) is 0 Å². The highest BCUT2D eigenvalue weighted by Crippen LogP contribution is 2.07. The molecule has 1 heterocycles. The predicted octanol–water partition coefficient (Wildman–Crippen LogP) is 3.24. The van der Waals surface area contributed by atoms with Crippen molar-refractivity contribution in [3.8, 4) is 0 Å². The zero-order valence-corrected chi connectivity index (χ0v) is 10.3. The van der Waals surface area contributed by atoms with Crippen molar-refractivity contribution in [2.45, 2.75) is 19.8 Å². The molecule has 1 aromatic heterocycles. The van der Waals surface area contributed by atoms with E-state index in [0.29, 0.717) is 0 Å². The molecule has 0 N–H and O–H groups in total. The molecule has 0 spiro atoms. The molecular weight excluding hydrogens is 214 g/mol. The fourth-order valence-corrected chi connectivity index (χ4v) is 2.26. The lowest BCUT2D eigenvalue weighted by Crippen LogP contribution is -2.27. The normalized spacial score (nSPS) is 11.1. The van der Waals surface area contributed by atoms with Gasteiger partial charge in [0.2, 0.25) is 0 Å². The topological polar surface area (TPSA) is 3.24 Å². The monoisotopic (exact) mass is 231 g/mol. The Balaban J connectivity index is 2.20. The predicted molar refractivity (Wildman–Crippen MR) is 65.5 cm³/mol. The number of likely N-dealkylation sites (N-methyl/N-ethyl adjacent to an activating group) is 1. The molecule has 0 radical (unpaired) electrons. The van der Waals surface area contributed by atoms with E-state index < -0.39 is 0 Å². The summed E-state index contributed by atoms with van der Waals surface area (Å²) in [5, 5.41) is 4.37. The van der Waals surface area contributed by atoms with E-state index in [-0.39, 0.29) is 0 Å². The molecule has 0 amide bonds. The minimum Gasteiger partial charge on any atom is -0.303 e. The van der Waals surface area contributed by atoms with Crippen molar-refractivity contribution >= 4 is 22.9 Å². The fraction of sp³-hybridized carbons (Fsp3) is 0.636. The van der Waals surface area contributed by atoms with Gasteiger partial charge in [0, 0.05) is 12.4 Å². The van der Waals surface area contributed by atoms with Gasteiger partial charge < -0.3 is 4.90 Å². The van der Waals surface area contributed by atoms with Crippen LogP contribution in [0.2, 0.25) is 0 Å². The van der Waals surface area contributed by atoms with Gasteiger partial charge in [-0.2, -0.15) is 11.3 Å². The highest BCUT2D eigenvalue weighted by Gasteiger charge is 2.02. The second-order valence-electron chi connectivity index (χ2n) is 3.36. The number of alkyl halides is 1. The van der Waals surface area contributed by atoms with E-state index in [1.54, 1.807) is 11.3 Å². The molecule has 0 bridgehead atoms. The zero-order chi connectivity index (χ0) is 10.2. The van der Waals surface area contributed by atoms with Crippen molar-refractivity contribution in [3.63, 3.8) is 0 Å². The third kappa shape index (κ3) is 4.45. The van der Waals surface area contributed by atoms with E-state index in [2.05, 4.69) is 28.7 Å². The van der Waals surface area contributed by atoms with Crippen LogP contribution in [0, 0.1) is 0 Å². The number of halogens is 1. The molecule has 1 aromatic rings. The minimum atomic E-state index is 0.773. The van der Waals surface area contributed by atoms with Gasteiger partial charge in [-0.05, 0) is 48.3 Å². The number of hydrogen-bond donors (Lipinski definition) is 0. The molecule has 1 nitrogen and oxygen atoms in total. The number of nitrogens with zero attached hydrogens (tertiary/aromatic N) is 1. The standard InChI is InChI=1S/C11H18ClNS/c1-2-13(7-3-6-12)8-4-11-5-9-14-10-11/h5,9-10H,2-4,6-8H2,1H3. The van der Waals surface area contributed by atoms with E-state index in [1.807, 2.05) is 0 Å². The van der Waals surface area contributed by atoms with Crippen LogP contribution in [0.4, 0.5) is 0 Å². The molecule has 0 aliphatic rings. The summed E-state index contributed by atoms with van der Waals surface area (Å²) in [5.74, 6) is 0.773. The summed E-state index contributed by atoms with van der Waals surface area (Å²) in [6.45, 7) is 5.62. The van der Waals surface area contributed by atoms with Gasteiger partial charge in [0.15, 0.2) is 0 Å². The summed E-state index contributed by atoms with van der Waals surface area (Å²) in [6.07, 6.45) is 2.26. The van der Waals surface area contributed by atoms with Gasteiger partial charge in [-0.3, -0.25) is 0 Å². The summed E-state index contributed by atoms with van der Waals surface area (Å²) in [4.78, 5) is 2.46. The van der Waals surface area contributed by atoms with Gasteiger partial charge in [0.25, 0.3) is 0 Å². The summed E-state index contributed by atoms with van der Waals surface area (Å²) in [5.41, 5.74) is 1.46. The van der Waals surface area contributed by atoms with E-state index >= 15 is 0 Å². The Labute approximate surface area is 95.7 Å². The fourth-order valence-electron chi connectivity index (χ4n) is 1.43. The van der Waals surface area contributed by atoms with Gasteiger partial charge in [-0.1, -0.05) is 6.92 Å². The second kappa shape index (κ2) is 7.27. The maximum absolute atomic E-state index is 5.68. The summed E-state index contributed by atoms with van der Waals surface area (Å²) >= 11 is 7.45. The minimum absolute atomic E-state index is 0.773. The molecule has 0 aliphatic carbocycles. The first-order valence-corrected chi connectivity index (χ1v) is 6.64. The van der Waals surface area contributed by atoms with Crippen LogP contribution in [-0.4, -0.2) is 30.4 Å². The Morgan fingerprint density at radius 1 is 1.43 bits per heavy atom. The summed E-state index contributed by atoms with van der Waals surface area (Å²) in [7, 11) is 0. The van der Waals surface area contributed by atoms with Crippen LogP contribution in [0.15, 0.2) is 16.8 Å². The molecule has 0 atom stereocenters. The van der Waals surface area contributed by atoms with Gasteiger partial charge >= 0.3 is 0 Å². The molecular formula is C11H18ClNS. The highest BCUT2D eigenvalue weighted by molar-refractivity contribution is 7.07. The first-order chi connectivity index (χ1) is 6.86. The van der Waals surface area contributed by atoms with E-state index in [1.165, 1.54) is 12.0 Å². The average molecular weight is 232 g/mol. The van der Waals surface area contributed by atoms with Crippen molar-refractivity contribution in [1.82, 2.24) is 4.90 Å². The molecule has 0 saturated carbocycles. The first-order valence-electron chi connectivity index (χ1n) is 5.16. The molecule has 0 unspecified atom stereocenters. The van der Waals surface area contributed by atoms with Crippen molar-refractivity contribution in [2.24, 2.45) is 0 Å². The van der Waals surface area contributed by atoms with Crippen molar-refractivity contribution < 1.29 is 0 Å². The van der Waals surface area contributed by atoms with Gasteiger partial charge in [0.05, 0.1) is 0 Å². The SMILES string of the molecule is CCN(CCCCl)CCc1ccsc1. The Morgan fingerprint density at radius 3 is 2.86 bits per heavy atom. The maximum Gasteiger partial charge on any atom is 0.0235 e. The molecule has 0 fully saturated rings. The molecule has 1 rings (SSSR count). The smallest absolute Gasteiger partial charge is 0.0235 e. The molecule has 0 saturated heterocycles. The Morgan fingerprint density at radius 2 is 2.29 bits per heavy atom. The Hall–Kier alpha value is -0.0500. The highest BCUT2D eigenvalue weighted by atomic mass is 35.5. The lowest BCUT2D eigenvalue weighted by molar-refractivity contribution is 0.293. The van der Waals surface area contributed by atoms with Crippen LogP contribution < -0.4 is 0 Å². The number of rotatable bonds is 7. The van der Waals surface area contributed by atoms with Crippen molar-refractivity contribution in [3.05, 3.63) is 22.4 Å². The summed E-state index contributed by atoms with van der Waals surface area (Å²) < 4.78 is 0. The van der Waals surface area contributed by atoms with E-state index in [0.717, 1.165) is 31.9 Å². The third-order valence-electron chi connectivity index (χ3n) is 2.35. The molecule has 80 valence electrons. The zero-order valence-electron chi connectivity index (χ0n) is 8.71. The first kappa shape index (κ1) is 12.0. The van der Waals surface area contributed by atoms with Crippen LogP contribution in [0.25, 0.3) is 0 Å². The quantitative estimate of drug-likeness (QED) is 0.652. The van der Waals surface area contributed by atoms with Crippen molar-refractivity contribution in [2.75, 3.05) is 25.5 Å². The largest absolute Gasteiger partial charge is 0.303 e. The molecule has 0 aromatic carbocycles. The molecule has 14 heavy (non-hydrogen) atoms. The molecule has 3 heteroatoms. The maximum atomic E-state index is 5.68. The lowest BCUT2D eigenvalue weighted by atomic mass is 10.2. The average Bonchev–Trinajstić information content (AvgIpc) is 2.71. The lowest BCUT2D eigenvalue weighted by Gasteiger charge is -2.19. The van der Waals surface area contributed by atoms with Crippen LogP contribution in [0.1, 0.15) is 18.9 Å². The van der Waals surface area contributed by atoms with Crippen LogP contribution in [0.3, 0.4) is 0 Å². The number of thiophene rings is 1. The van der Waals surface area contributed by atoms with Gasteiger partial charge in [-0.15, -0.1) is 11.6 Å². The Bertz CT molecular complexity index is 223. The Kier molecular flexibility index (Phi) is 6.24. The molecule has 0 aliphatic heterocycles. The van der Waals surface area contributed by atoms with Crippen LogP contribution in [0.5, 0.6) is 0 Å². The van der Waals surface area contributed by atoms with Crippen molar-refractivity contribution in [1.29, 1.82) is 0 Å². The second-order valence-corrected chi connectivity index (χ2v) is 4.52. The number of hydrogen-bond acceptors (Lipinski definition) is 2. The van der Waals surface area contributed by atoms with E-state index in [9.17, 15) is 0 Å². The summed E-state index contributed by atoms with van der Waals surface area (Å²) in [6, 6.07) is 2.21. The van der Waals surface area contributed by atoms with Crippen LogP contribution >= 0.6 is 22.9 Å². The van der Waals surface area contributed by atoms with Gasteiger partial charge in [-0.25, -0.2) is 0 Å².